The fourth-order valence-electron chi connectivity index (χ4n) is 3.70. The largest absolute Gasteiger partial charge is 0.495 e. The second-order valence-electron chi connectivity index (χ2n) is 7.65. The Bertz CT molecular complexity index is 805. The van der Waals surface area contributed by atoms with E-state index in [1.807, 2.05) is 0 Å². The lowest BCUT2D eigenvalue weighted by Gasteiger charge is -2.38. The predicted molar refractivity (Wildman–Crippen MR) is 104 cm³/mol. The SMILES string of the molecule is CCCC[C@@H]1CN(S(=O)(=O)c2cc(CC(=O)O)ccc2OC)C[C@H](C2CC2)O1. The molecule has 7 nitrogen and oxygen atoms in total. The summed E-state index contributed by atoms with van der Waals surface area (Å²) in [5, 5.41) is 9.05. The quantitative estimate of drug-likeness (QED) is 0.672. The molecule has 0 unspecified atom stereocenters. The third-order valence-electron chi connectivity index (χ3n) is 5.39. The van der Waals surface area contributed by atoms with Gasteiger partial charge in [0.05, 0.1) is 25.7 Å². The second kappa shape index (κ2) is 8.80. The van der Waals surface area contributed by atoms with Crippen molar-refractivity contribution in [2.75, 3.05) is 20.2 Å². The summed E-state index contributed by atoms with van der Waals surface area (Å²) < 4.78 is 39.9. The first kappa shape index (κ1) is 21.1. The van der Waals surface area contributed by atoms with E-state index in [4.69, 9.17) is 14.6 Å². The van der Waals surface area contributed by atoms with Crippen LogP contribution in [0, 0.1) is 5.92 Å². The molecule has 0 aromatic heterocycles. The van der Waals surface area contributed by atoms with Gasteiger partial charge in [-0.05, 0) is 42.9 Å². The van der Waals surface area contributed by atoms with Gasteiger partial charge in [-0.25, -0.2) is 8.42 Å². The third-order valence-corrected chi connectivity index (χ3v) is 7.24. The Labute approximate surface area is 166 Å². The number of morpholine rings is 1. The average Bonchev–Trinajstić information content (AvgIpc) is 3.51. The van der Waals surface area contributed by atoms with Crippen LogP contribution in [-0.2, 0) is 26.0 Å². The van der Waals surface area contributed by atoms with Crippen LogP contribution < -0.4 is 4.74 Å². The van der Waals surface area contributed by atoms with E-state index in [0.29, 0.717) is 24.6 Å². The van der Waals surface area contributed by atoms with Gasteiger partial charge >= 0.3 is 5.97 Å². The number of nitrogens with zero attached hydrogens (tertiary/aromatic N) is 1. The minimum atomic E-state index is -3.82. The summed E-state index contributed by atoms with van der Waals surface area (Å²) in [5.74, 6) is -0.343. The van der Waals surface area contributed by atoms with Gasteiger partial charge in [0.15, 0.2) is 0 Å². The van der Waals surface area contributed by atoms with Crippen LogP contribution in [0.25, 0.3) is 0 Å². The minimum Gasteiger partial charge on any atom is -0.495 e. The Balaban J connectivity index is 1.90. The Kier molecular flexibility index (Phi) is 6.62. The molecule has 1 aromatic carbocycles. The highest BCUT2D eigenvalue weighted by Crippen LogP contribution is 2.39. The topological polar surface area (TPSA) is 93.1 Å². The van der Waals surface area contributed by atoms with Gasteiger partial charge in [0.25, 0.3) is 0 Å². The molecule has 1 N–H and O–H groups in total. The average molecular weight is 412 g/mol. The molecule has 1 aliphatic carbocycles. The molecule has 0 bridgehead atoms. The molecule has 3 rings (SSSR count). The van der Waals surface area contributed by atoms with Gasteiger partial charge in [-0.1, -0.05) is 25.8 Å². The van der Waals surface area contributed by atoms with E-state index in [9.17, 15) is 13.2 Å². The molecule has 1 aromatic rings. The van der Waals surface area contributed by atoms with Crippen molar-refractivity contribution in [3.63, 3.8) is 0 Å². The van der Waals surface area contributed by atoms with Gasteiger partial charge < -0.3 is 14.6 Å². The van der Waals surface area contributed by atoms with Crippen molar-refractivity contribution in [3.05, 3.63) is 23.8 Å². The lowest BCUT2D eigenvalue weighted by Crippen LogP contribution is -2.50. The number of rotatable bonds is 9. The number of carboxylic acid groups (broad SMARTS) is 1. The zero-order chi connectivity index (χ0) is 20.3. The van der Waals surface area contributed by atoms with E-state index in [1.54, 1.807) is 6.07 Å². The predicted octanol–water partition coefficient (Wildman–Crippen LogP) is 2.68. The third kappa shape index (κ3) is 4.85. The maximum absolute atomic E-state index is 13.5. The van der Waals surface area contributed by atoms with Crippen LogP contribution in [0.4, 0.5) is 0 Å². The number of hydrogen-bond acceptors (Lipinski definition) is 5. The number of carbonyl (C=O) groups is 1. The highest BCUT2D eigenvalue weighted by molar-refractivity contribution is 7.89. The molecule has 8 heteroatoms. The fourth-order valence-corrected chi connectivity index (χ4v) is 5.39. The van der Waals surface area contributed by atoms with Crippen LogP contribution in [-0.4, -0.2) is 56.2 Å². The van der Waals surface area contributed by atoms with Crippen molar-refractivity contribution in [3.8, 4) is 5.75 Å². The first-order chi connectivity index (χ1) is 13.3. The van der Waals surface area contributed by atoms with Crippen molar-refractivity contribution >= 4 is 16.0 Å². The summed E-state index contributed by atoms with van der Waals surface area (Å²) in [6.07, 6.45) is 4.61. The molecule has 2 fully saturated rings. The van der Waals surface area contributed by atoms with Crippen LogP contribution in [0.2, 0.25) is 0 Å². The van der Waals surface area contributed by atoms with E-state index in [1.165, 1.54) is 23.5 Å². The highest BCUT2D eigenvalue weighted by Gasteiger charge is 2.42. The van der Waals surface area contributed by atoms with E-state index in [-0.39, 0.29) is 29.3 Å². The first-order valence-corrected chi connectivity index (χ1v) is 11.3. The molecule has 0 spiro atoms. The van der Waals surface area contributed by atoms with E-state index in [0.717, 1.165) is 32.1 Å². The Hall–Kier alpha value is -1.64. The summed E-state index contributed by atoms with van der Waals surface area (Å²) in [6.45, 7) is 2.76. The lowest BCUT2D eigenvalue weighted by molar-refractivity contribution is -0.136. The molecule has 2 aliphatic rings. The normalized spacial score (nSPS) is 23.5. The molecule has 1 aliphatic heterocycles. The number of carboxylic acids is 1. The molecular formula is C20H29NO6S. The molecule has 0 amide bonds. The van der Waals surface area contributed by atoms with Crippen molar-refractivity contribution < 1.29 is 27.8 Å². The van der Waals surface area contributed by atoms with Crippen LogP contribution in [0.15, 0.2) is 23.1 Å². The molecule has 1 heterocycles. The number of ether oxygens (including phenoxy) is 2. The summed E-state index contributed by atoms with van der Waals surface area (Å²) in [7, 11) is -2.41. The van der Waals surface area contributed by atoms with Gasteiger partial charge in [0.1, 0.15) is 10.6 Å². The smallest absolute Gasteiger partial charge is 0.307 e. The van der Waals surface area contributed by atoms with Crippen LogP contribution >= 0.6 is 0 Å². The molecule has 1 saturated heterocycles. The molecular weight excluding hydrogens is 382 g/mol. The zero-order valence-electron chi connectivity index (χ0n) is 16.5. The molecule has 156 valence electrons. The van der Waals surface area contributed by atoms with Gasteiger partial charge in [-0.15, -0.1) is 0 Å². The Morgan fingerprint density at radius 3 is 2.68 bits per heavy atom. The second-order valence-corrected chi connectivity index (χ2v) is 9.56. The van der Waals surface area contributed by atoms with E-state index < -0.39 is 16.0 Å². The highest BCUT2D eigenvalue weighted by atomic mass is 32.2. The summed E-state index contributed by atoms with van der Waals surface area (Å²) in [5.41, 5.74) is 0.432. The van der Waals surface area contributed by atoms with Crippen molar-refractivity contribution in [1.82, 2.24) is 4.31 Å². The Morgan fingerprint density at radius 2 is 2.07 bits per heavy atom. The number of methoxy groups -OCH3 is 1. The number of hydrogen-bond donors (Lipinski definition) is 1. The maximum atomic E-state index is 13.5. The number of aliphatic carboxylic acids is 1. The maximum Gasteiger partial charge on any atom is 0.307 e. The number of sulfonamides is 1. The number of benzene rings is 1. The van der Waals surface area contributed by atoms with Gasteiger partial charge in [0, 0.05) is 13.1 Å². The van der Waals surface area contributed by atoms with E-state index >= 15 is 0 Å². The monoisotopic (exact) mass is 411 g/mol. The van der Waals surface area contributed by atoms with Gasteiger partial charge in [-0.2, -0.15) is 4.31 Å². The lowest BCUT2D eigenvalue weighted by atomic mass is 10.1. The summed E-state index contributed by atoms with van der Waals surface area (Å²) >= 11 is 0. The van der Waals surface area contributed by atoms with Crippen molar-refractivity contribution in [1.29, 1.82) is 0 Å². The zero-order valence-corrected chi connectivity index (χ0v) is 17.3. The number of unbranched alkanes of at least 4 members (excludes halogenated alkanes) is 1. The molecule has 1 saturated carbocycles. The van der Waals surface area contributed by atoms with Crippen molar-refractivity contribution in [2.45, 2.75) is 62.6 Å². The van der Waals surface area contributed by atoms with Gasteiger partial charge in [-0.3, -0.25) is 4.79 Å². The standard InChI is InChI=1S/C20H29NO6S/c1-3-4-5-16-12-21(13-18(27-16)15-7-8-15)28(24,25)19-10-14(11-20(22)23)6-9-17(19)26-2/h6,9-10,15-16,18H,3-5,7-8,11-13H2,1-2H3,(H,22,23)/t16-,18-/m1/s1. The van der Waals surface area contributed by atoms with Gasteiger partial charge in [0.2, 0.25) is 10.0 Å². The van der Waals surface area contributed by atoms with Crippen molar-refractivity contribution in [2.24, 2.45) is 5.92 Å². The van der Waals surface area contributed by atoms with Crippen LogP contribution in [0.5, 0.6) is 5.75 Å². The fraction of sp³-hybridized carbons (Fsp3) is 0.650. The van der Waals surface area contributed by atoms with Crippen LogP contribution in [0.3, 0.4) is 0 Å². The summed E-state index contributed by atoms with van der Waals surface area (Å²) in [4.78, 5) is 11.1. The van der Waals surface area contributed by atoms with E-state index in [2.05, 4.69) is 6.92 Å². The summed E-state index contributed by atoms with van der Waals surface area (Å²) in [6, 6.07) is 4.53. The molecule has 0 radical (unpaired) electrons. The first-order valence-electron chi connectivity index (χ1n) is 9.89. The molecule has 2 atom stereocenters. The van der Waals surface area contributed by atoms with Crippen LogP contribution in [0.1, 0.15) is 44.6 Å². The Morgan fingerprint density at radius 1 is 1.32 bits per heavy atom. The molecule has 28 heavy (non-hydrogen) atoms. The minimum absolute atomic E-state index is 0.0273.